The number of hydrogen-bond donors (Lipinski definition) is 0. The van der Waals surface area contributed by atoms with Crippen LogP contribution in [0.25, 0.3) is 0 Å². The largest absolute Gasteiger partial charge is 0.207 e. The summed E-state index contributed by atoms with van der Waals surface area (Å²) in [5.41, 5.74) is 0. The average Bonchev–Trinajstić information content (AvgIpc) is 1.88. The molecule has 1 nitrogen and oxygen atoms in total. The van der Waals surface area contributed by atoms with E-state index in [2.05, 4.69) is 41.6 Å². The Hall–Kier alpha value is -0.500. The number of pyridine rings is 1. The van der Waals surface area contributed by atoms with E-state index in [-0.39, 0.29) is 0 Å². The van der Waals surface area contributed by atoms with Crippen molar-refractivity contribution in [3.8, 4) is 0 Å². The lowest BCUT2D eigenvalue weighted by atomic mass is 10.5. The van der Waals surface area contributed by atoms with Crippen LogP contribution in [0.4, 0.5) is 0 Å². The van der Waals surface area contributed by atoms with Gasteiger partial charge in [-0.1, -0.05) is 0 Å². The molecule has 54 valence electrons. The Morgan fingerprint density at radius 2 is 1.70 bits per heavy atom. The van der Waals surface area contributed by atoms with Crippen molar-refractivity contribution in [3.05, 3.63) is 24.5 Å². The summed E-state index contributed by atoms with van der Waals surface area (Å²) < 4.78 is 2.05. The highest BCUT2D eigenvalue weighted by Gasteiger charge is 2.07. The van der Waals surface area contributed by atoms with Gasteiger partial charge in [0, 0.05) is 10.9 Å². The Balaban J connectivity index is 2.89. The molecule has 0 amide bonds. The molecule has 1 aromatic rings. The van der Waals surface area contributed by atoms with E-state index < -0.39 is 0 Å². The van der Waals surface area contributed by atoms with Crippen LogP contribution >= 0.6 is 0 Å². The molecule has 0 saturated heterocycles. The number of aromatic nitrogens is 1. The van der Waals surface area contributed by atoms with Gasteiger partial charge in [-0.05, 0) is 0 Å². The van der Waals surface area contributed by atoms with E-state index in [1.54, 1.807) is 0 Å². The van der Waals surface area contributed by atoms with E-state index in [1.165, 1.54) is 4.90 Å². The fourth-order valence-electron chi connectivity index (χ4n) is 0.759. The van der Waals surface area contributed by atoms with E-state index >= 15 is 0 Å². The molecule has 1 rings (SSSR count). The number of aryl methyl sites for hydroxylation is 1. The van der Waals surface area contributed by atoms with Gasteiger partial charge in [-0.3, -0.25) is 0 Å². The van der Waals surface area contributed by atoms with Crippen molar-refractivity contribution in [1.29, 1.82) is 0 Å². The van der Waals surface area contributed by atoms with Crippen LogP contribution in [0.2, 0.25) is 0 Å². The molecular formula is C8H13NS+2. The van der Waals surface area contributed by atoms with Gasteiger partial charge >= 0.3 is 0 Å². The maximum absolute atomic E-state index is 2.23. The smallest absolute Gasteiger partial charge is 0.173 e. The normalized spacial score (nSPS) is 10.4. The van der Waals surface area contributed by atoms with Gasteiger partial charge in [0.05, 0.1) is 12.1 Å². The molecule has 0 spiro atoms. The second-order valence-electron chi connectivity index (χ2n) is 2.52. The summed E-state index contributed by atoms with van der Waals surface area (Å²) in [4.78, 5) is 1.43. The minimum absolute atomic E-state index is 0.399. The summed E-state index contributed by atoms with van der Waals surface area (Å²) in [7, 11) is 2.43. The number of hydrogen-bond acceptors (Lipinski definition) is 0. The van der Waals surface area contributed by atoms with Crippen molar-refractivity contribution in [2.24, 2.45) is 7.05 Å². The third-order valence-electron chi connectivity index (χ3n) is 1.42. The summed E-state index contributed by atoms with van der Waals surface area (Å²) in [6, 6.07) is 4.34. The average molecular weight is 155 g/mol. The molecule has 0 N–H and O–H groups in total. The van der Waals surface area contributed by atoms with E-state index in [1.807, 2.05) is 7.05 Å². The summed E-state index contributed by atoms with van der Waals surface area (Å²) in [6.45, 7) is 0. The molecule has 0 unspecified atom stereocenters. The van der Waals surface area contributed by atoms with Gasteiger partial charge < -0.3 is 0 Å². The second-order valence-corrected chi connectivity index (χ2v) is 4.62. The molecule has 1 heterocycles. The summed E-state index contributed by atoms with van der Waals surface area (Å²) >= 11 is 0. The summed E-state index contributed by atoms with van der Waals surface area (Å²) in [6.07, 6.45) is 8.63. The van der Waals surface area contributed by atoms with E-state index in [9.17, 15) is 0 Å². The van der Waals surface area contributed by atoms with Crippen LogP contribution in [0.1, 0.15) is 0 Å². The molecule has 0 bridgehead atoms. The molecule has 0 saturated carbocycles. The Morgan fingerprint density at radius 3 is 2.10 bits per heavy atom. The molecule has 0 aliphatic heterocycles. The lowest BCUT2D eigenvalue weighted by molar-refractivity contribution is -0.671. The lowest BCUT2D eigenvalue weighted by Gasteiger charge is -1.91. The van der Waals surface area contributed by atoms with Gasteiger partial charge in [0.15, 0.2) is 17.3 Å². The standard InChI is InChI=1S/C8H13NS/c1-9-6-4-8(5-7-9)10(2)3/h4-7H,1-3H3/q+2. The fourth-order valence-corrected chi connectivity index (χ4v) is 1.43. The Morgan fingerprint density at radius 1 is 1.20 bits per heavy atom. The van der Waals surface area contributed by atoms with Gasteiger partial charge in [-0.2, -0.15) is 0 Å². The van der Waals surface area contributed by atoms with Crippen LogP contribution < -0.4 is 4.57 Å². The Kier molecular flexibility index (Phi) is 2.33. The van der Waals surface area contributed by atoms with Gasteiger partial charge in [0.1, 0.15) is 19.6 Å². The van der Waals surface area contributed by atoms with E-state index in [0.29, 0.717) is 10.9 Å². The molecular weight excluding hydrogens is 142 g/mol. The first-order valence-corrected chi connectivity index (χ1v) is 5.27. The van der Waals surface area contributed by atoms with Crippen molar-refractivity contribution in [3.63, 3.8) is 0 Å². The molecule has 2 heteroatoms. The summed E-state index contributed by atoms with van der Waals surface area (Å²) in [5, 5.41) is 0. The third-order valence-corrected chi connectivity index (χ3v) is 2.63. The molecule has 10 heavy (non-hydrogen) atoms. The molecule has 1 aromatic heterocycles. The molecule has 0 atom stereocenters. The van der Waals surface area contributed by atoms with Crippen molar-refractivity contribution in [1.82, 2.24) is 0 Å². The minimum Gasteiger partial charge on any atom is -0.207 e. The van der Waals surface area contributed by atoms with Crippen LogP contribution in [-0.2, 0) is 17.9 Å². The Labute approximate surface area is 65.0 Å². The van der Waals surface area contributed by atoms with Gasteiger partial charge in [-0.15, -0.1) is 0 Å². The molecule has 0 aromatic carbocycles. The quantitative estimate of drug-likeness (QED) is 0.416. The predicted octanol–water partition coefficient (Wildman–Crippen LogP) is 0.748. The first kappa shape index (κ1) is 7.61. The Bertz CT molecular complexity index is 203. The highest BCUT2D eigenvalue weighted by molar-refractivity contribution is 7.95. The first-order valence-electron chi connectivity index (χ1n) is 3.23. The lowest BCUT2D eigenvalue weighted by Crippen LogP contribution is -2.26. The van der Waals surface area contributed by atoms with Gasteiger partial charge in [0.25, 0.3) is 0 Å². The van der Waals surface area contributed by atoms with Crippen LogP contribution in [0.15, 0.2) is 29.4 Å². The second kappa shape index (κ2) is 3.06. The van der Waals surface area contributed by atoms with E-state index in [4.69, 9.17) is 0 Å². The zero-order valence-corrected chi connectivity index (χ0v) is 7.48. The summed E-state index contributed by atoms with van der Waals surface area (Å²) in [5.74, 6) is 0. The highest BCUT2D eigenvalue weighted by Crippen LogP contribution is 2.03. The third kappa shape index (κ3) is 1.74. The molecule has 0 fully saturated rings. The van der Waals surface area contributed by atoms with Gasteiger partial charge in [-0.25, -0.2) is 4.57 Å². The van der Waals surface area contributed by atoms with Crippen LogP contribution in [-0.4, -0.2) is 12.5 Å². The molecule has 0 aliphatic rings. The van der Waals surface area contributed by atoms with Crippen LogP contribution in [0.3, 0.4) is 0 Å². The zero-order chi connectivity index (χ0) is 7.56. The SMILES string of the molecule is C[n+]1ccc([S+](C)C)cc1. The monoisotopic (exact) mass is 155 g/mol. The first-order chi connectivity index (χ1) is 4.70. The molecule has 0 aliphatic carbocycles. The van der Waals surface area contributed by atoms with Crippen LogP contribution in [0, 0.1) is 0 Å². The minimum atomic E-state index is 0.399. The highest BCUT2D eigenvalue weighted by atomic mass is 32.2. The number of rotatable bonds is 1. The maximum Gasteiger partial charge on any atom is 0.173 e. The van der Waals surface area contributed by atoms with E-state index in [0.717, 1.165) is 0 Å². The van der Waals surface area contributed by atoms with Crippen molar-refractivity contribution in [2.45, 2.75) is 4.90 Å². The topological polar surface area (TPSA) is 3.88 Å². The van der Waals surface area contributed by atoms with Gasteiger partial charge in [0.2, 0.25) is 0 Å². The molecule has 0 radical (unpaired) electrons. The maximum atomic E-state index is 2.23. The predicted molar refractivity (Wildman–Crippen MR) is 45.1 cm³/mol. The van der Waals surface area contributed by atoms with Crippen molar-refractivity contribution >= 4 is 10.9 Å². The van der Waals surface area contributed by atoms with Crippen LogP contribution in [0.5, 0.6) is 0 Å². The van der Waals surface area contributed by atoms with Crippen molar-refractivity contribution < 1.29 is 4.57 Å². The fraction of sp³-hybridized carbons (Fsp3) is 0.375. The zero-order valence-electron chi connectivity index (χ0n) is 6.66. The number of nitrogens with zero attached hydrogens (tertiary/aromatic N) is 1. The van der Waals surface area contributed by atoms with Crippen molar-refractivity contribution in [2.75, 3.05) is 12.5 Å².